The molecule has 0 radical (unpaired) electrons. The molecule has 23 aromatic rings. The molecule has 9 nitrogen and oxygen atoms in total. The lowest BCUT2D eigenvalue weighted by Crippen LogP contribution is -2.22. The van der Waals surface area contributed by atoms with Crippen molar-refractivity contribution in [2.45, 2.75) is 96.3 Å². The molecule has 0 bridgehead atoms. The molecule has 0 unspecified atom stereocenters. The normalized spacial score (nSPS) is 14.1. The maximum absolute atomic E-state index is 5.48. The second kappa shape index (κ2) is 34.1. The van der Waals surface area contributed by atoms with Gasteiger partial charge in [0.25, 0.3) is 0 Å². The van der Waals surface area contributed by atoms with Crippen LogP contribution in [0.4, 0.5) is 51.6 Å². The summed E-state index contributed by atoms with van der Waals surface area (Å²) in [6, 6.07) is 159. The molecule has 0 atom stereocenters. The highest BCUT2D eigenvalue weighted by Crippen LogP contribution is 2.62. The summed E-state index contributed by atoms with van der Waals surface area (Å²) in [7, 11) is 0. The van der Waals surface area contributed by atoms with Gasteiger partial charge in [-0.2, -0.15) is 0 Å². The third-order valence-electron chi connectivity index (χ3n) is 31.4. The summed E-state index contributed by atoms with van der Waals surface area (Å²) in [5.74, 6) is 4.74. The number of para-hydroxylation sites is 3. The van der Waals surface area contributed by atoms with Crippen molar-refractivity contribution in [1.82, 2.24) is 29.9 Å². The van der Waals surface area contributed by atoms with Crippen LogP contribution in [0.2, 0.25) is 0 Å². The molecule has 0 spiro atoms. The summed E-state index contributed by atoms with van der Waals surface area (Å²) >= 11 is 1.85. The molecule has 19 aromatic carbocycles. The van der Waals surface area contributed by atoms with Crippen LogP contribution in [-0.2, 0) is 27.1 Å². The fraction of sp³-hybridized carbons (Fsp3) is 0.111. The van der Waals surface area contributed by atoms with E-state index in [0.29, 0.717) is 17.5 Å². The Morgan fingerprint density at radius 1 is 0.186 bits per heavy atom. The summed E-state index contributed by atoms with van der Waals surface area (Å²) in [5.41, 5.74) is 40.2. The fourth-order valence-electron chi connectivity index (χ4n) is 24.3. The molecular formula is C135H103N9S. The highest BCUT2D eigenvalue weighted by molar-refractivity contribution is 7.25. The van der Waals surface area contributed by atoms with E-state index in [0.717, 1.165) is 101 Å². The minimum atomic E-state index is -0.221. The van der Waals surface area contributed by atoms with E-state index < -0.39 is 0 Å². The third-order valence-corrected chi connectivity index (χ3v) is 32.6. The minimum absolute atomic E-state index is 0.127. The zero-order valence-electron chi connectivity index (χ0n) is 82.6. The van der Waals surface area contributed by atoms with E-state index in [2.05, 4.69) is 496 Å². The van der Waals surface area contributed by atoms with Gasteiger partial charge in [0.1, 0.15) is 17.5 Å². The van der Waals surface area contributed by atoms with Crippen LogP contribution in [0.15, 0.2) is 443 Å². The standard InChI is InChI=1S/C47H33N3S.2C44H35N3/c1-47(2)38-18-9-6-16-35(38)44-39(47)19-12-21-41(44)50(46-36-17-7-10-20-40(36)48-45(49-46)31-13-4-3-5-14-31)33-26-23-30(24-27-33)32-25-28-43-37(29-32)34-15-8-11-22-42(34)51-43;1-43(2)34-23-12-9-19-31(34)39-35(43)24-15-26-37(39)47(38-27-14-21-30-29-18-8-11-22-33(29)44(3,4)40(30)38)42-32-20-10-13-25-36(32)45-41(46-42)28-16-6-5-7-17-28;1-43(2)35-21-12-9-18-32(35)40-36(43)22-14-24-39(40)47(29-25-26-31-30-17-8-11-20-34(30)44(3,4)37(31)27-29)42-33-19-10-13-23-38(33)45-41(46-42)28-15-6-5-7-16-28/h3-29H,1-2H3;2*5-27H,1-4H3. The molecule has 0 N–H and O–H groups in total. The van der Waals surface area contributed by atoms with Crippen molar-refractivity contribution in [3.05, 3.63) is 498 Å². The number of fused-ring (bicyclic) bond motifs is 21. The summed E-state index contributed by atoms with van der Waals surface area (Å²) in [5, 5.41) is 5.65. The van der Waals surface area contributed by atoms with Crippen molar-refractivity contribution in [2.24, 2.45) is 0 Å². The van der Waals surface area contributed by atoms with Crippen LogP contribution in [0.3, 0.4) is 0 Å². The maximum Gasteiger partial charge on any atom is 0.162 e. The van der Waals surface area contributed by atoms with Crippen molar-refractivity contribution < 1.29 is 0 Å². The number of benzene rings is 19. The van der Waals surface area contributed by atoms with Crippen LogP contribution in [0.25, 0.3) is 154 Å². The number of aromatic nitrogens is 6. The molecule has 145 heavy (non-hydrogen) atoms. The van der Waals surface area contributed by atoms with Crippen molar-refractivity contribution in [3.63, 3.8) is 0 Å². The van der Waals surface area contributed by atoms with Crippen LogP contribution in [0, 0.1) is 0 Å². The van der Waals surface area contributed by atoms with E-state index in [1.54, 1.807) is 0 Å². The topological polar surface area (TPSA) is 87.1 Å². The minimum Gasteiger partial charge on any atom is -0.294 e. The molecule has 0 aliphatic heterocycles. The lowest BCUT2D eigenvalue weighted by Gasteiger charge is -2.33. The summed E-state index contributed by atoms with van der Waals surface area (Å²) in [4.78, 5) is 38.7. The van der Waals surface area contributed by atoms with Gasteiger partial charge in [-0.3, -0.25) is 14.7 Å². The summed E-state index contributed by atoms with van der Waals surface area (Å²) in [6.45, 7) is 23.5. The highest BCUT2D eigenvalue weighted by Gasteiger charge is 2.46. The Kier molecular flexibility index (Phi) is 20.7. The van der Waals surface area contributed by atoms with Crippen LogP contribution in [0.1, 0.15) is 125 Å². The molecular weight excluding hydrogens is 1780 g/mol. The van der Waals surface area contributed by atoms with Gasteiger partial charge in [0, 0.05) is 108 Å². The molecule has 0 saturated heterocycles. The first-order chi connectivity index (χ1) is 70.7. The predicted molar refractivity (Wildman–Crippen MR) is 605 cm³/mol. The first kappa shape index (κ1) is 88.0. The number of hydrogen-bond donors (Lipinski definition) is 0. The van der Waals surface area contributed by atoms with Gasteiger partial charge in [0.05, 0.1) is 39.3 Å². The first-order valence-electron chi connectivity index (χ1n) is 50.3. The van der Waals surface area contributed by atoms with Gasteiger partial charge in [-0.15, -0.1) is 11.3 Å². The molecule has 5 aliphatic rings. The number of anilines is 9. The largest absolute Gasteiger partial charge is 0.294 e. The van der Waals surface area contributed by atoms with Gasteiger partial charge in [-0.05, 0) is 209 Å². The molecule has 4 heterocycles. The average Bonchev–Trinajstić information content (AvgIpc) is 1.72. The van der Waals surface area contributed by atoms with Crippen molar-refractivity contribution >= 4 is 116 Å². The zero-order valence-corrected chi connectivity index (χ0v) is 83.4. The van der Waals surface area contributed by atoms with Crippen LogP contribution < -0.4 is 14.7 Å². The van der Waals surface area contributed by atoms with Crippen LogP contribution >= 0.6 is 11.3 Å². The van der Waals surface area contributed by atoms with E-state index in [1.807, 2.05) is 41.7 Å². The smallest absolute Gasteiger partial charge is 0.162 e. The Balaban J connectivity index is 0.000000111. The number of thiophene rings is 1. The van der Waals surface area contributed by atoms with Crippen molar-refractivity contribution in [2.75, 3.05) is 14.7 Å². The molecule has 5 aliphatic carbocycles. The van der Waals surface area contributed by atoms with E-state index in [-0.39, 0.29) is 27.1 Å². The van der Waals surface area contributed by atoms with Crippen molar-refractivity contribution in [1.29, 1.82) is 0 Å². The second-order valence-corrected chi connectivity index (χ2v) is 42.6. The zero-order chi connectivity index (χ0) is 97.9. The van der Waals surface area contributed by atoms with Crippen LogP contribution in [-0.4, -0.2) is 29.9 Å². The van der Waals surface area contributed by atoms with Gasteiger partial charge in [0.15, 0.2) is 17.5 Å². The van der Waals surface area contributed by atoms with E-state index in [9.17, 15) is 0 Å². The summed E-state index contributed by atoms with van der Waals surface area (Å²) in [6.07, 6.45) is 0. The molecule has 0 amide bonds. The van der Waals surface area contributed by atoms with Gasteiger partial charge >= 0.3 is 0 Å². The van der Waals surface area contributed by atoms with E-state index >= 15 is 0 Å². The predicted octanol–water partition coefficient (Wildman–Crippen LogP) is 35.9. The molecule has 10 heteroatoms. The Labute approximate surface area is 850 Å². The Hall–Kier alpha value is -17.2. The quantitative estimate of drug-likeness (QED) is 0.112. The Morgan fingerprint density at radius 3 is 0.959 bits per heavy atom. The first-order valence-corrected chi connectivity index (χ1v) is 51.1. The monoisotopic (exact) mass is 1880 g/mol. The van der Waals surface area contributed by atoms with Crippen molar-refractivity contribution in [3.8, 4) is 101 Å². The van der Waals surface area contributed by atoms with E-state index in [4.69, 9.17) is 29.9 Å². The molecule has 0 fully saturated rings. The van der Waals surface area contributed by atoms with Gasteiger partial charge in [-0.1, -0.05) is 409 Å². The lowest BCUT2D eigenvalue weighted by molar-refractivity contribution is 0.659. The van der Waals surface area contributed by atoms with Gasteiger partial charge in [-0.25, -0.2) is 29.9 Å². The average molecular weight is 1880 g/mol. The third kappa shape index (κ3) is 14.1. The Morgan fingerprint density at radius 2 is 0.497 bits per heavy atom. The lowest BCUT2D eigenvalue weighted by atomic mass is 9.81. The highest BCUT2D eigenvalue weighted by atomic mass is 32.1. The van der Waals surface area contributed by atoms with Gasteiger partial charge < -0.3 is 0 Å². The SMILES string of the molecule is CC1(C)c2ccccc2-c2c(N(c3ccc(-c4ccc5sc6ccccc6c5c4)cc3)c3nc(-c4ccccc4)nc4ccccc34)cccc21.CC1(C)c2ccccc2-c2c(N(c3cccc4c3C(C)(C)c3ccccc3-4)c3nc(-c4ccccc4)nc4ccccc34)cccc21.CC1(C)c2ccccc2-c2ccc(N(c3cccc4c3-c3ccccc3C4(C)C)c3nc(-c4ccccc4)nc4ccccc34)cc21. The second-order valence-electron chi connectivity index (χ2n) is 41.5. The fourth-order valence-corrected chi connectivity index (χ4v) is 25.3. The van der Waals surface area contributed by atoms with Gasteiger partial charge in [0.2, 0.25) is 0 Å². The molecule has 694 valence electrons. The van der Waals surface area contributed by atoms with E-state index in [1.165, 1.54) is 143 Å². The van der Waals surface area contributed by atoms with Crippen LogP contribution in [0.5, 0.6) is 0 Å². The number of nitrogens with zero attached hydrogens (tertiary/aromatic N) is 9. The molecule has 4 aromatic heterocycles. The number of rotatable bonds is 13. The number of hydrogen-bond acceptors (Lipinski definition) is 10. The maximum atomic E-state index is 5.48. The molecule has 0 saturated carbocycles. The molecule has 28 rings (SSSR count). The Bertz CT molecular complexity index is 9190. The summed E-state index contributed by atoms with van der Waals surface area (Å²) < 4.78 is 2.64.